The Morgan fingerprint density at radius 3 is 2.53 bits per heavy atom. The highest BCUT2D eigenvalue weighted by molar-refractivity contribution is 9.10. The van der Waals surface area contributed by atoms with Crippen LogP contribution in [-0.4, -0.2) is 4.92 Å². The van der Waals surface area contributed by atoms with E-state index >= 15 is 0 Å². The molecule has 2 aromatic rings. The Morgan fingerprint density at radius 1 is 1.29 bits per heavy atom. The van der Waals surface area contributed by atoms with Crippen molar-refractivity contribution in [2.24, 2.45) is 0 Å². The number of nitrogens with zero attached hydrogens (tertiary/aromatic N) is 1. The number of anilines is 1. The molecule has 6 heteroatoms. The third-order valence-corrected chi connectivity index (χ3v) is 2.93. The van der Waals surface area contributed by atoms with E-state index in [0.717, 1.165) is 15.9 Å². The summed E-state index contributed by atoms with van der Waals surface area (Å²) in [7, 11) is 0. The lowest BCUT2D eigenvalue weighted by Gasteiger charge is -2.04. The van der Waals surface area contributed by atoms with Gasteiger partial charge in [-0.05, 0) is 34.1 Å². The Hall–Kier alpha value is -1.82. The van der Waals surface area contributed by atoms with Crippen LogP contribution >= 0.6 is 15.9 Å². The summed E-state index contributed by atoms with van der Waals surface area (Å²) in [5, 5.41) is 13.6. The van der Waals surface area contributed by atoms with Crippen LogP contribution in [0.5, 0.6) is 0 Å². The van der Waals surface area contributed by atoms with Crippen LogP contribution in [0, 0.1) is 10.1 Å². The summed E-state index contributed by atoms with van der Waals surface area (Å²) >= 11 is 3.35. The lowest BCUT2D eigenvalue weighted by molar-refractivity contribution is -0.384. The number of benzene rings is 1. The molecule has 1 N–H and O–H groups in total. The van der Waals surface area contributed by atoms with Crippen molar-refractivity contribution >= 4 is 27.3 Å². The van der Waals surface area contributed by atoms with Gasteiger partial charge in [0, 0.05) is 17.8 Å². The average molecular weight is 297 g/mol. The summed E-state index contributed by atoms with van der Waals surface area (Å²) in [5.41, 5.74) is 0.883. The molecule has 0 saturated carbocycles. The predicted molar refractivity (Wildman–Crippen MR) is 66.8 cm³/mol. The Labute approximate surface area is 106 Å². The van der Waals surface area contributed by atoms with Crippen LogP contribution in [0.1, 0.15) is 5.76 Å². The predicted octanol–water partition coefficient (Wildman–Crippen LogP) is 3.56. The van der Waals surface area contributed by atoms with Crippen molar-refractivity contribution in [2.45, 2.75) is 6.54 Å². The number of hydrogen-bond donors (Lipinski definition) is 1. The van der Waals surface area contributed by atoms with Gasteiger partial charge in [0.15, 0.2) is 0 Å². The highest BCUT2D eigenvalue weighted by atomic mass is 79.9. The SMILES string of the molecule is O=[N+]([O-])c1ccc(NCc2occc2Br)cc1. The molecule has 0 spiro atoms. The molecule has 0 aliphatic carbocycles. The van der Waals surface area contributed by atoms with Gasteiger partial charge in [-0.2, -0.15) is 0 Å². The summed E-state index contributed by atoms with van der Waals surface area (Å²) in [6, 6.07) is 8.05. The zero-order valence-electron chi connectivity index (χ0n) is 8.72. The van der Waals surface area contributed by atoms with E-state index in [1.807, 2.05) is 6.07 Å². The first kappa shape index (κ1) is 11.7. The molecule has 5 nitrogen and oxygen atoms in total. The molecule has 0 aliphatic heterocycles. The maximum atomic E-state index is 10.5. The van der Waals surface area contributed by atoms with Gasteiger partial charge >= 0.3 is 0 Å². The van der Waals surface area contributed by atoms with Gasteiger partial charge in [-0.25, -0.2) is 0 Å². The van der Waals surface area contributed by atoms with Crippen LogP contribution in [0.25, 0.3) is 0 Å². The normalized spacial score (nSPS) is 10.2. The summed E-state index contributed by atoms with van der Waals surface area (Å²) in [6.45, 7) is 0.519. The molecule has 0 bridgehead atoms. The van der Waals surface area contributed by atoms with Crippen molar-refractivity contribution in [1.82, 2.24) is 0 Å². The van der Waals surface area contributed by atoms with Crippen molar-refractivity contribution in [1.29, 1.82) is 0 Å². The monoisotopic (exact) mass is 296 g/mol. The van der Waals surface area contributed by atoms with Crippen LogP contribution in [0.4, 0.5) is 11.4 Å². The van der Waals surface area contributed by atoms with E-state index in [1.54, 1.807) is 18.4 Å². The van der Waals surface area contributed by atoms with Crippen LogP contribution in [0.15, 0.2) is 45.5 Å². The molecule has 0 atom stereocenters. The smallest absolute Gasteiger partial charge is 0.269 e. The number of nitro benzene ring substituents is 1. The molecule has 2 rings (SSSR count). The van der Waals surface area contributed by atoms with Crippen LogP contribution in [-0.2, 0) is 6.54 Å². The largest absolute Gasteiger partial charge is 0.466 e. The fraction of sp³-hybridized carbons (Fsp3) is 0.0909. The molecule has 0 unspecified atom stereocenters. The molecule has 0 saturated heterocycles. The van der Waals surface area contributed by atoms with Crippen molar-refractivity contribution in [2.75, 3.05) is 5.32 Å². The molecular formula is C11H9BrN2O3. The van der Waals surface area contributed by atoms with Gasteiger partial charge in [0.05, 0.1) is 22.2 Å². The third kappa shape index (κ3) is 2.85. The van der Waals surface area contributed by atoms with E-state index in [2.05, 4.69) is 21.2 Å². The highest BCUT2D eigenvalue weighted by Crippen LogP contribution is 2.20. The van der Waals surface area contributed by atoms with E-state index in [1.165, 1.54) is 12.1 Å². The number of rotatable bonds is 4. The second kappa shape index (κ2) is 5.01. The quantitative estimate of drug-likeness (QED) is 0.692. The molecule has 88 valence electrons. The molecule has 1 heterocycles. The van der Waals surface area contributed by atoms with Gasteiger partial charge in [0.25, 0.3) is 5.69 Å². The zero-order chi connectivity index (χ0) is 12.3. The molecule has 1 aromatic carbocycles. The van der Waals surface area contributed by atoms with E-state index in [4.69, 9.17) is 4.42 Å². The summed E-state index contributed by atoms with van der Waals surface area (Å²) in [4.78, 5) is 10.0. The molecule has 0 amide bonds. The minimum absolute atomic E-state index is 0.0785. The molecule has 0 fully saturated rings. The lowest BCUT2D eigenvalue weighted by Crippen LogP contribution is -1.98. The lowest BCUT2D eigenvalue weighted by atomic mass is 10.3. The molecule has 1 aromatic heterocycles. The van der Waals surface area contributed by atoms with Gasteiger partial charge in [0.1, 0.15) is 5.76 Å². The summed E-state index contributed by atoms with van der Waals surface area (Å²) < 4.78 is 6.13. The van der Waals surface area contributed by atoms with Crippen molar-refractivity contribution in [3.63, 3.8) is 0 Å². The number of hydrogen-bond acceptors (Lipinski definition) is 4. The number of nitro groups is 1. The first-order valence-electron chi connectivity index (χ1n) is 4.87. The molecule has 0 radical (unpaired) electrons. The van der Waals surface area contributed by atoms with Gasteiger partial charge in [-0.3, -0.25) is 10.1 Å². The first-order valence-corrected chi connectivity index (χ1v) is 5.66. The topological polar surface area (TPSA) is 68.3 Å². The van der Waals surface area contributed by atoms with E-state index < -0.39 is 4.92 Å². The van der Waals surface area contributed by atoms with Crippen molar-refractivity contribution < 1.29 is 9.34 Å². The second-order valence-corrected chi connectivity index (χ2v) is 4.20. The Bertz CT molecular complexity index is 522. The Kier molecular flexibility index (Phi) is 3.43. The number of non-ortho nitro benzene ring substituents is 1. The van der Waals surface area contributed by atoms with Crippen LogP contribution in [0.2, 0.25) is 0 Å². The fourth-order valence-corrected chi connectivity index (χ4v) is 1.68. The zero-order valence-corrected chi connectivity index (χ0v) is 10.3. The second-order valence-electron chi connectivity index (χ2n) is 3.35. The minimum atomic E-state index is -0.424. The minimum Gasteiger partial charge on any atom is -0.466 e. The van der Waals surface area contributed by atoms with Crippen LogP contribution < -0.4 is 5.32 Å². The molecular weight excluding hydrogens is 288 g/mol. The van der Waals surface area contributed by atoms with E-state index in [9.17, 15) is 10.1 Å². The van der Waals surface area contributed by atoms with E-state index in [0.29, 0.717) is 6.54 Å². The standard InChI is InChI=1S/C11H9BrN2O3/c12-10-5-6-17-11(10)7-13-8-1-3-9(4-2-8)14(15)16/h1-6,13H,7H2. The van der Waals surface area contributed by atoms with Crippen LogP contribution in [0.3, 0.4) is 0 Å². The fourth-order valence-electron chi connectivity index (χ4n) is 1.33. The summed E-state index contributed by atoms with van der Waals surface area (Å²) in [5.74, 6) is 0.781. The number of furan rings is 1. The maximum Gasteiger partial charge on any atom is 0.269 e. The Morgan fingerprint density at radius 2 is 2.00 bits per heavy atom. The average Bonchev–Trinajstić information content (AvgIpc) is 2.73. The highest BCUT2D eigenvalue weighted by Gasteiger charge is 2.05. The van der Waals surface area contributed by atoms with Gasteiger partial charge in [-0.1, -0.05) is 0 Å². The third-order valence-electron chi connectivity index (χ3n) is 2.22. The van der Waals surface area contributed by atoms with Gasteiger partial charge in [-0.15, -0.1) is 0 Å². The van der Waals surface area contributed by atoms with E-state index in [-0.39, 0.29) is 5.69 Å². The number of halogens is 1. The maximum absolute atomic E-state index is 10.5. The number of nitrogens with one attached hydrogen (secondary N) is 1. The first-order chi connectivity index (χ1) is 8.16. The van der Waals surface area contributed by atoms with Gasteiger partial charge in [0.2, 0.25) is 0 Å². The van der Waals surface area contributed by atoms with Crippen molar-refractivity contribution in [3.05, 3.63) is 56.9 Å². The van der Waals surface area contributed by atoms with Crippen molar-refractivity contribution in [3.8, 4) is 0 Å². The molecule has 17 heavy (non-hydrogen) atoms. The molecule has 0 aliphatic rings. The Balaban J connectivity index is 2.00. The summed E-state index contributed by atoms with van der Waals surface area (Å²) in [6.07, 6.45) is 1.59. The van der Waals surface area contributed by atoms with Gasteiger partial charge < -0.3 is 9.73 Å².